The maximum atomic E-state index is 5.76. The van der Waals surface area contributed by atoms with Gasteiger partial charge in [0.15, 0.2) is 0 Å². The van der Waals surface area contributed by atoms with E-state index in [2.05, 4.69) is 39.1 Å². The molecule has 0 aromatic carbocycles. The van der Waals surface area contributed by atoms with Gasteiger partial charge in [-0.3, -0.25) is 4.90 Å². The van der Waals surface area contributed by atoms with Crippen molar-refractivity contribution in [3.05, 3.63) is 18.1 Å². The summed E-state index contributed by atoms with van der Waals surface area (Å²) in [5.41, 5.74) is 0.943. The first-order valence-electron chi connectivity index (χ1n) is 7.91. The monoisotopic (exact) mass is 304 g/mol. The van der Waals surface area contributed by atoms with Gasteiger partial charge in [0.1, 0.15) is 12.1 Å². The molecule has 2 unspecified atom stereocenters. The Bertz CT molecular complexity index is 618. The Morgan fingerprint density at radius 3 is 2.86 bits per heavy atom. The second-order valence-electron chi connectivity index (χ2n) is 6.05. The van der Waals surface area contributed by atoms with Gasteiger partial charge < -0.3 is 10.1 Å². The van der Waals surface area contributed by atoms with Gasteiger partial charge in [-0.2, -0.15) is 14.6 Å². The lowest BCUT2D eigenvalue weighted by molar-refractivity contribution is -0.0678. The first kappa shape index (κ1) is 15.2. The highest BCUT2D eigenvalue weighted by Gasteiger charge is 2.21. The van der Waals surface area contributed by atoms with E-state index in [0.717, 1.165) is 44.1 Å². The fraction of sp³-hybridized carbons (Fsp3) is 0.667. The molecule has 0 amide bonds. The van der Waals surface area contributed by atoms with E-state index in [4.69, 9.17) is 4.74 Å². The van der Waals surface area contributed by atoms with Gasteiger partial charge >= 0.3 is 0 Å². The van der Waals surface area contributed by atoms with E-state index < -0.39 is 0 Å². The Hall–Kier alpha value is -1.73. The van der Waals surface area contributed by atoms with E-state index in [9.17, 15) is 0 Å². The Kier molecular flexibility index (Phi) is 4.54. The van der Waals surface area contributed by atoms with Crippen LogP contribution in [-0.4, -0.2) is 62.9 Å². The second-order valence-corrected chi connectivity index (χ2v) is 6.05. The van der Waals surface area contributed by atoms with Gasteiger partial charge in [0.05, 0.1) is 12.2 Å². The van der Waals surface area contributed by atoms with Crippen molar-refractivity contribution in [2.75, 3.05) is 31.5 Å². The average Bonchev–Trinajstić information content (AvgIpc) is 2.90. The number of aryl methyl sites for hydroxylation is 1. The molecule has 1 fully saturated rings. The minimum Gasteiger partial charge on any atom is -0.373 e. The highest BCUT2D eigenvalue weighted by Crippen LogP contribution is 2.12. The van der Waals surface area contributed by atoms with Crippen molar-refractivity contribution < 1.29 is 4.74 Å². The molecule has 120 valence electrons. The third-order valence-electron chi connectivity index (χ3n) is 3.83. The van der Waals surface area contributed by atoms with Gasteiger partial charge in [-0.1, -0.05) is 0 Å². The largest absolute Gasteiger partial charge is 0.373 e. The molecular formula is C15H24N6O. The number of hydrogen-bond acceptors (Lipinski definition) is 6. The maximum Gasteiger partial charge on any atom is 0.254 e. The summed E-state index contributed by atoms with van der Waals surface area (Å²) in [5, 5.41) is 7.64. The number of aromatic nitrogens is 4. The second kappa shape index (κ2) is 6.58. The maximum absolute atomic E-state index is 5.76. The molecule has 3 rings (SSSR count). The van der Waals surface area contributed by atoms with Gasteiger partial charge in [-0.15, -0.1) is 0 Å². The number of hydrogen-bond donors (Lipinski definition) is 1. The lowest BCUT2D eigenvalue weighted by Gasteiger charge is -2.35. The van der Waals surface area contributed by atoms with Gasteiger partial charge in [0, 0.05) is 37.9 Å². The number of anilines is 1. The van der Waals surface area contributed by atoms with Crippen LogP contribution >= 0.6 is 0 Å². The summed E-state index contributed by atoms with van der Waals surface area (Å²) in [7, 11) is 0. The topological polar surface area (TPSA) is 67.6 Å². The van der Waals surface area contributed by atoms with Crippen molar-refractivity contribution in [2.45, 2.75) is 39.4 Å². The van der Waals surface area contributed by atoms with Crippen LogP contribution in [0.2, 0.25) is 0 Å². The van der Waals surface area contributed by atoms with Gasteiger partial charge in [-0.05, 0) is 27.2 Å². The van der Waals surface area contributed by atoms with E-state index in [1.54, 1.807) is 4.52 Å². The number of nitrogens with zero attached hydrogens (tertiary/aromatic N) is 5. The van der Waals surface area contributed by atoms with Crippen LogP contribution < -0.4 is 5.32 Å². The number of nitrogens with one attached hydrogen (secondary N) is 1. The molecule has 0 saturated carbocycles. The van der Waals surface area contributed by atoms with E-state index in [0.29, 0.717) is 18.0 Å². The number of morpholine rings is 1. The van der Waals surface area contributed by atoms with Gasteiger partial charge in [0.25, 0.3) is 5.78 Å². The summed E-state index contributed by atoms with van der Waals surface area (Å²) < 4.78 is 7.50. The Balaban J connectivity index is 1.51. The molecule has 0 radical (unpaired) electrons. The number of rotatable bonds is 5. The van der Waals surface area contributed by atoms with Crippen molar-refractivity contribution >= 4 is 11.6 Å². The van der Waals surface area contributed by atoms with E-state index in [1.165, 1.54) is 6.33 Å². The molecule has 2 aromatic heterocycles. The van der Waals surface area contributed by atoms with Crippen LogP contribution in [0.25, 0.3) is 5.78 Å². The van der Waals surface area contributed by atoms with Crippen LogP contribution in [0.15, 0.2) is 12.4 Å². The van der Waals surface area contributed by atoms with Crippen LogP contribution in [0.3, 0.4) is 0 Å². The third-order valence-corrected chi connectivity index (χ3v) is 3.83. The molecule has 1 aliphatic rings. The molecule has 7 nitrogen and oxygen atoms in total. The van der Waals surface area contributed by atoms with Crippen molar-refractivity contribution in [1.82, 2.24) is 24.5 Å². The summed E-state index contributed by atoms with van der Waals surface area (Å²) in [5.74, 6) is 1.59. The fourth-order valence-electron chi connectivity index (χ4n) is 3.04. The lowest BCUT2D eigenvalue weighted by atomic mass is 10.2. The zero-order valence-electron chi connectivity index (χ0n) is 13.5. The van der Waals surface area contributed by atoms with E-state index in [1.807, 2.05) is 13.0 Å². The normalized spacial score (nSPS) is 23.0. The summed E-state index contributed by atoms with van der Waals surface area (Å²) in [6.45, 7) is 10.3. The Morgan fingerprint density at radius 2 is 2.09 bits per heavy atom. The number of fused-ring (bicyclic) bond motifs is 1. The molecule has 0 bridgehead atoms. The van der Waals surface area contributed by atoms with Crippen molar-refractivity contribution in [1.29, 1.82) is 0 Å². The van der Waals surface area contributed by atoms with Crippen LogP contribution in [0.4, 0.5) is 5.82 Å². The van der Waals surface area contributed by atoms with E-state index >= 15 is 0 Å². The zero-order valence-corrected chi connectivity index (χ0v) is 13.5. The van der Waals surface area contributed by atoms with Crippen LogP contribution in [0, 0.1) is 6.92 Å². The van der Waals surface area contributed by atoms with Gasteiger partial charge in [0.2, 0.25) is 0 Å². The molecule has 2 atom stereocenters. The van der Waals surface area contributed by atoms with Crippen molar-refractivity contribution in [2.24, 2.45) is 0 Å². The highest BCUT2D eigenvalue weighted by molar-refractivity contribution is 5.44. The van der Waals surface area contributed by atoms with Gasteiger partial charge in [-0.25, -0.2) is 4.98 Å². The average molecular weight is 304 g/mol. The van der Waals surface area contributed by atoms with Crippen LogP contribution in [-0.2, 0) is 4.74 Å². The lowest BCUT2D eigenvalue weighted by Crippen LogP contribution is -2.45. The Morgan fingerprint density at radius 1 is 1.32 bits per heavy atom. The number of ether oxygens (including phenoxy) is 1. The molecule has 0 spiro atoms. The molecule has 2 aromatic rings. The standard InChI is InChI=1S/C15H24N6O/c1-11-7-14(21-15(19-11)17-10-18-21)16-5-4-6-20-8-12(2)22-13(3)9-20/h7,10,12-13,16H,4-6,8-9H2,1-3H3. The predicted molar refractivity (Wildman–Crippen MR) is 85.1 cm³/mol. The molecular weight excluding hydrogens is 280 g/mol. The molecule has 3 heterocycles. The molecule has 0 aliphatic carbocycles. The van der Waals surface area contributed by atoms with Crippen LogP contribution in [0.1, 0.15) is 26.0 Å². The Labute approximate surface area is 130 Å². The first-order valence-corrected chi connectivity index (χ1v) is 7.91. The minimum atomic E-state index is 0.328. The SMILES string of the molecule is Cc1cc(NCCCN2CC(C)OC(C)C2)n2ncnc2n1. The van der Waals surface area contributed by atoms with Crippen molar-refractivity contribution in [3.63, 3.8) is 0 Å². The molecule has 22 heavy (non-hydrogen) atoms. The third kappa shape index (κ3) is 3.53. The van der Waals surface area contributed by atoms with Crippen molar-refractivity contribution in [3.8, 4) is 0 Å². The smallest absolute Gasteiger partial charge is 0.254 e. The molecule has 1 N–H and O–H groups in total. The van der Waals surface area contributed by atoms with Crippen LogP contribution in [0.5, 0.6) is 0 Å². The predicted octanol–water partition coefficient (Wildman–Crippen LogP) is 1.34. The van der Waals surface area contributed by atoms with E-state index in [-0.39, 0.29) is 0 Å². The molecule has 1 saturated heterocycles. The highest BCUT2D eigenvalue weighted by atomic mass is 16.5. The fourth-order valence-corrected chi connectivity index (χ4v) is 3.04. The first-order chi connectivity index (χ1) is 10.6. The quantitative estimate of drug-likeness (QED) is 0.841. The summed E-state index contributed by atoms with van der Waals surface area (Å²) in [4.78, 5) is 11.0. The zero-order chi connectivity index (χ0) is 15.5. The summed E-state index contributed by atoms with van der Waals surface area (Å²) in [6.07, 6.45) is 3.27. The minimum absolute atomic E-state index is 0.328. The summed E-state index contributed by atoms with van der Waals surface area (Å²) in [6, 6.07) is 2.00. The molecule has 7 heteroatoms. The summed E-state index contributed by atoms with van der Waals surface area (Å²) >= 11 is 0. The molecule has 1 aliphatic heterocycles.